The van der Waals surface area contributed by atoms with Gasteiger partial charge in [-0.15, -0.1) is 0 Å². The van der Waals surface area contributed by atoms with Gasteiger partial charge in [-0.05, 0) is 24.6 Å². The van der Waals surface area contributed by atoms with Crippen LogP contribution in [0.4, 0.5) is 16.2 Å². The number of urea groups is 1. The molecule has 3 N–H and O–H groups in total. The second-order valence-electron chi connectivity index (χ2n) is 5.22. The molecule has 0 saturated heterocycles. The van der Waals surface area contributed by atoms with Crippen molar-refractivity contribution in [1.29, 1.82) is 0 Å². The highest BCUT2D eigenvalue weighted by Crippen LogP contribution is 2.36. The lowest BCUT2D eigenvalue weighted by Crippen LogP contribution is -2.35. The number of nitrogens with one attached hydrogen (secondary N) is 3. The summed E-state index contributed by atoms with van der Waals surface area (Å²) in [6, 6.07) is 14.5. The average molecular weight is 311 g/mol. The predicted molar refractivity (Wildman–Crippen MR) is 87.5 cm³/mol. The SMILES string of the molecule is CC1Oc2cccc(NC(=O)NCc3ccccc3)c2NC1=O. The number of hydrogen-bond acceptors (Lipinski definition) is 3. The predicted octanol–water partition coefficient (Wildman–Crippen LogP) is 2.73. The lowest BCUT2D eigenvalue weighted by molar-refractivity contribution is -0.122. The average Bonchev–Trinajstić information content (AvgIpc) is 2.56. The van der Waals surface area contributed by atoms with Gasteiger partial charge in [0, 0.05) is 6.54 Å². The first-order chi connectivity index (χ1) is 11.1. The summed E-state index contributed by atoms with van der Waals surface area (Å²) in [6.45, 7) is 2.09. The molecule has 1 aliphatic heterocycles. The Morgan fingerprint density at radius 1 is 1.17 bits per heavy atom. The minimum absolute atomic E-state index is 0.239. The topological polar surface area (TPSA) is 79.5 Å². The summed E-state index contributed by atoms with van der Waals surface area (Å²) in [7, 11) is 0. The number of carbonyl (C=O) groups is 2. The molecule has 2 aromatic carbocycles. The lowest BCUT2D eigenvalue weighted by Gasteiger charge is -2.25. The number of carbonyl (C=O) groups excluding carboxylic acids is 2. The van der Waals surface area contributed by atoms with Crippen LogP contribution in [0.3, 0.4) is 0 Å². The van der Waals surface area contributed by atoms with Gasteiger partial charge in [-0.25, -0.2) is 4.79 Å². The van der Waals surface area contributed by atoms with Crippen molar-refractivity contribution in [3.05, 3.63) is 54.1 Å². The van der Waals surface area contributed by atoms with Crippen LogP contribution in [0.5, 0.6) is 5.75 Å². The van der Waals surface area contributed by atoms with E-state index < -0.39 is 6.10 Å². The fourth-order valence-electron chi connectivity index (χ4n) is 2.28. The van der Waals surface area contributed by atoms with Gasteiger partial charge in [0.1, 0.15) is 11.4 Å². The van der Waals surface area contributed by atoms with E-state index in [0.29, 0.717) is 23.7 Å². The number of hydrogen-bond donors (Lipinski definition) is 3. The molecule has 0 bridgehead atoms. The van der Waals surface area contributed by atoms with E-state index in [1.54, 1.807) is 25.1 Å². The van der Waals surface area contributed by atoms with Crippen LogP contribution in [0, 0.1) is 0 Å². The Hall–Kier alpha value is -3.02. The van der Waals surface area contributed by atoms with Crippen LogP contribution in [0.2, 0.25) is 0 Å². The lowest BCUT2D eigenvalue weighted by atomic mass is 10.2. The maximum Gasteiger partial charge on any atom is 0.319 e. The van der Waals surface area contributed by atoms with E-state index in [4.69, 9.17) is 4.74 Å². The standard InChI is InChI=1S/C17H17N3O3/c1-11-16(21)20-15-13(8-5-9-14(15)23-11)19-17(22)18-10-12-6-3-2-4-7-12/h2-9,11H,10H2,1H3,(H,20,21)(H2,18,19,22). The van der Waals surface area contributed by atoms with Crippen molar-refractivity contribution in [2.24, 2.45) is 0 Å². The third kappa shape index (κ3) is 3.42. The van der Waals surface area contributed by atoms with E-state index in [1.807, 2.05) is 30.3 Å². The highest BCUT2D eigenvalue weighted by atomic mass is 16.5. The Bertz CT molecular complexity index is 731. The first-order valence-electron chi connectivity index (χ1n) is 7.33. The maximum atomic E-state index is 12.0. The maximum absolute atomic E-state index is 12.0. The molecule has 0 radical (unpaired) electrons. The molecule has 23 heavy (non-hydrogen) atoms. The molecule has 0 fully saturated rings. The monoisotopic (exact) mass is 311 g/mol. The van der Waals surface area contributed by atoms with Crippen LogP contribution >= 0.6 is 0 Å². The number of benzene rings is 2. The Labute approximate surface area is 133 Å². The molecule has 0 aromatic heterocycles. The molecule has 3 rings (SSSR count). The Balaban J connectivity index is 1.67. The van der Waals surface area contributed by atoms with Crippen molar-refractivity contribution in [3.63, 3.8) is 0 Å². The van der Waals surface area contributed by atoms with E-state index in [0.717, 1.165) is 5.56 Å². The second-order valence-corrected chi connectivity index (χ2v) is 5.22. The fraction of sp³-hybridized carbons (Fsp3) is 0.176. The number of anilines is 2. The molecule has 6 heteroatoms. The van der Waals surface area contributed by atoms with E-state index >= 15 is 0 Å². The summed E-state index contributed by atoms with van der Waals surface area (Å²) in [5.74, 6) is 0.300. The van der Waals surface area contributed by atoms with E-state index in [1.165, 1.54) is 0 Å². The number of amides is 3. The smallest absolute Gasteiger partial charge is 0.319 e. The van der Waals surface area contributed by atoms with Gasteiger partial charge in [-0.2, -0.15) is 0 Å². The van der Waals surface area contributed by atoms with Gasteiger partial charge in [0.15, 0.2) is 6.10 Å². The van der Waals surface area contributed by atoms with Crippen molar-refractivity contribution in [3.8, 4) is 5.75 Å². The van der Waals surface area contributed by atoms with Crippen LogP contribution in [0.25, 0.3) is 0 Å². The molecule has 1 aliphatic rings. The van der Waals surface area contributed by atoms with E-state index in [2.05, 4.69) is 16.0 Å². The largest absolute Gasteiger partial charge is 0.479 e. The summed E-state index contributed by atoms with van der Waals surface area (Å²) < 4.78 is 5.51. The zero-order valence-corrected chi connectivity index (χ0v) is 12.6. The van der Waals surface area contributed by atoms with E-state index in [-0.39, 0.29) is 11.9 Å². The molecule has 6 nitrogen and oxygen atoms in total. The quantitative estimate of drug-likeness (QED) is 0.815. The number of para-hydroxylation sites is 1. The fourth-order valence-corrected chi connectivity index (χ4v) is 2.28. The molecule has 1 heterocycles. The minimum Gasteiger partial charge on any atom is -0.479 e. The zero-order chi connectivity index (χ0) is 16.2. The molecule has 0 spiro atoms. The number of ether oxygens (including phenoxy) is 1. The molecule has 2 aromatic rings. The van der Waals surface area contributed by atoms with E-state index in [9.17, 15) is 9.59 Å². The summed E-state index contributed by atoms with van der Waals surface area (Å²) in [4.78, 5) is 23.8. The molecular weight excluding hydrogens is 294 g/mol. The Kier molecular flexibility index (Phi) is 4.14. The highest BCUT2D eigenvalue weighted by molar-refractivity contribution is 6.03. The van der Waals surface area contributed by atoms with Crippen molar-refractivity contribution in [2.45, 2.75) is 19.6 Å². The molecule has 118 valence electrons. The third-order valence-corrected chi connectivity index (χ3v) is 3.49. The van der Waals surface area contributed by atoms with Gasteiger partial charge >= 0.3 is 6.03 Å². The number of rotatable bonds is 3. The normalized spacial score (nSPS) is 15.9. The minimum atomic E-state index is -0.551. The van der Waals surface area contributed by atoms with Gasteiger partial charge in [-0.1, -0.05) is 36.4 Å². The van der Waals surface area contributed by atoms with Gasteiger partial charge < -0.3 is 20.7 Å². The van der Waals surface area contributed by atoms with Crippen LogP contribution in [-0.2, 0) is 11.3 Å². The summed E-state index contributed by atoms with van der Waals surface area (Å²) >= 11 is 0. The van der Waals surface area contributed by atoms with Crippen molar-refractivity contribution >= 4 is 23.3 Å². The third-order valence-electron chi connectivity index (χ3n) is 3.49. The van der Waals surface area contributed by atoms with Gasteiger partial charge in [0.25, 0.3) is 5.91 Å². The molecule has 1 atom stereocenters. The molecular formula is C17H17N3O3. The van der Waals surface area contributed by atoms with Crippen LogP contribution in [0.1, 0.15) is 12.5 Å². The van der Waals surface area contributed by atoms with Gasteiger partial charge in [0.2, 0.25) is 0 Å². The molecule has 1 unspecified atom stereocenters. The van der Waals surface area contributed by atoms with Gasteiger partial charge in [-0.3, -0.25) is 4.79 Å². The number of fused-ring (bicyclic) bond motifs is 1. The first-order valence-corrected chi connectivity index (χ1v) is 7.33. The molecule has 0 aliphatic carbocycles. The summed E-state index contributed by atoms with van der Waals surface area (Å²) in [5, 5.41) is 8.25. The Morgan fingerprint density at radius 2 is 1.96 bits per heavy atom. The van der Waals surface area contributed by atoms with Crippen molar-refractivity contribution < 1.29 is 14.3 Å². The van der Waals surface area contributed by atoms with Gasteiger partial charge in [0.05, 0.1) is 5.69 Å². The van der Waals surface area contributed by atoms with Crippen molar-refractivity contribution in [1.82, 2.24) is 5.32 Å². The first kappa shape index (κ1) is 14.9. The summed E-state index contributed by atoms with van der Waals surface area (Å²) in [6.07, 6.45) is -0.551. The van der Waals surface area contributed by atoms with Crippen LogP contribution in [0.15, 0.2) is 48.5 Å². The molecule has 3 amide bonds. The Morgan fingerprint density at radius 3 is 2.74 bits per heavy atom. The molecule has 0 saturated carbocycles. The van der Waals surface area contributed by atoms with Crippen LogP contribution < -0.4 is 20.7 Å². The second kappa shape index (κ2) is 6.39. The zero-order valence-electron chi connectivity index (χ0n) is 12.6. The summed E-state index contributed by atoms with van der Waals surface area (Å²) in [5.41, 5.74) is 1.97. The van der Waals surface area contributed by atoms with Crippen molar-refractivity contribution in [2.75, 3.05) is 10.6 Å². The highest BCUT2D eigenvalue weighted by Gasteiger charge is 2.25. The van der Waals surface area contributed by atoms with Crippen LogP contribution in [-0.4, -0.2) is 18.0 Å².